The second-order valence-electron chi connectivity index (χ2n) is 3.57. The van der Waals surface area contributed by atoms with Crippen LogP contribution < -0.4 is 0 Å². The van der Waals surface area contributed by atoms with Crippen LogP contribution in [-0.4, -0.2) is 34.3 Å². The molecule has 0 radical (unpaired) electrons. The van der Waals surface area contributed by atoms with Crippen LogP contribution in [0.4, 0.5) is 0 Å². The van der Waals surface area contributed by atoms with E-state index in [4.69, 9.17) is 0 Å². The third-order valence-electron chi connectivity index (χ3n) is 2.22. The SMILES string of the molecule is CC(O)CN1C(=O)CSC1c1cccs1. The maximum Gasteiger partial charge on any atom is 0.233 e. The number of thioether (sulfide) groups is 1. The Hall–Kier alpha value is -0.520. The molecular weight excluding hydrogens is 230 g/mol. The molecule has 1 saturated heterocycles. The maximum absolute atomic E-state index is 11.6. The lowest BCUT2D eigenvalue weighted by atomic mass is 10.3. The zero-order valence-electron chi connectivity index (χ0n) is 8.42. The predicted molar refractivity (Wildman–Crippen MR) is 62.9 cm³/mol. The number of carbonyl (C=O) groups excluding carboxylic acids is 1. The molecule has 0 saturated carbocycles. The smallest absolute Gasteiger partial charge is 0.233 e. The van der Waals surface area contributed by atoms with Crippen molar-refractivity contribution >= 4 is 29.0 Å². The topological polar surface area (TPSA) is 40.5 Å². The fourth-order valence-corrected chi connectivity index (χ4v) is 3.78. The maximum atomic E-state index is 11.6. The average molecular weight is 243 g/mol. The van der Waals surface area contributed by atoms with Gasteiger partial charge in [0.1, 0.15) is 5.37 Å². The van der Waals surface area contributed by atoms with Gasteiger partial charge in [0.05, 0.1) is 11.9 Å². The standard InChI is InChI=1S/C10H13NO2S2/c1-7(12)5-11-9(13)6-15-10(11)8-3-2-4-14-8/h2-4,7,10,12H,5-6H2,1H3. The summed E-state index contributed by atoms with van der Waals surface area (Å²) in [5.74, 6) is 0.647. The third kappa shape index (κ3) is 2.35. The molecule has 1 amide bonds. The van der Waals surface area contributed by atoms with E-state index in [-0.39, 0.29) is 11.3 Å². The van der Waals surface area contributed by atoms with E-state index in [0.717, 1.165) is 0 Å². The molecule has 1 N–H and O–H groups in total. The molecule has 2 unspecified atom stereocenters. The Kier molecular flexibility index (Phi) is 3.33. The molecule has 2 heterocycles. The van der Waals surface area contributed by atoms with Gasteiger partial charge < -0.3 is 10.0 Å². The minimum absolute atomic E-state index is 0.104. The summed E-state index contributed by atoms with van der Waals surface area (Å²) in [6.45, 7) is 2.14. The van der Waals surface area contributed by atoms with E-state index in [1.165, 1.54) is 4.88 Å². The van der Waals surface area contributed by atoms with E-state index in [0.29, 0.717) is 12.3 Å². The Bertz CT molecular complexity index is 337. The highest BCUT2D eigenvalue weighted by atomic mass is 32.2. The van der Waals surface area contributed by atoms with Gasteiger partial charge in [-0.1, -0.05) is 6.07 Å². The van der Waals surface area contributed by atoms with Crippen molar-refractivity contribution in [3.8, 4) is 0 Å². The van der Waals surface area contributed by atoms with Crippen LogP contribution in [0.25, 0.3) is 0 Å². The lowest BCUT2D eigenvalue weighted by Crippen LogP contribution is -2.34. The second kappa shape index (κ2) is 4.55. The second-order valence-corrected chi connectivity index (χ2v) is 5.62. The summed E-state index contributed by atoms with van der Waals surface area (Å²) in [5.41, 5.74) is 0. The molecule has 1 aliphatic heterocycles. The molecule has 2 rings (SSSR count). The minimum Gasteiger partial charge on any atom is -0.392 e. The first-order valence-electron chi connectivity index (χ1n) is 4.81. The minimum atomic E-state index is -0.463. The number of thiophene rings is 1. The van der Waals surface area contributed by atoms with Gasteiger partial charge in [-0.3, -0.25) is 4.79 Å². The van der Waals surface area contributed by atoms with E-state index < -0.39 is 6.10 Å². The summed E-state index contributed by atoms with van der Waals surface area (Å²) in [6, 6.07) is 4.03. The number of aliphatic hydroxyl groups excluding tert-OH is 1. The molecule has 1 aromatic heterocycles. The Labute approximate surface area is 97.1 Å². The first-order chi connectivity index (χ1) is 7.18. The van der Waals surface area contributed by atoms with Gasteiger partial charge in [0.25, 0.3) is 0 Å². The lowest BCUT2D eigenvalue weighted by molar-refractivity contribution is -0.129. The molecule has 82 valence electrons. The first-order valence-corrected chi connectivity index (χ1v) is 6.74. The van der Waals surface area contributed by atoms with Crippen molar-refractivity contribution in [1.29, 1.82) is 0 Å². The molecule has 15 heavy (non-hydrogen) atoms. The van der Waals surface area contributed by atoms with Crippen LogP contribution in [0.5, 0.6) is 0 Å². The number of amides is 1. The van der Waals surface area contributed by atoms with Gasteiger partial charge in [-0.15, -0.1) is 23.1 Å². The number of aliphatic hydroxyl groups is 1. The average Bonchev–Trinajstić information content (AvgIpc) is 2.76. The van der Waals surface area contributed by atoms with Crippen LogP contribution in [0.1, 0.15) is 17.2 Å². The molecule has 1 aromatic rings. The Morgan fingerprint density at radius 1 is 1.73 bits per heavy atom. The van der Waals surface area contributed by atoms with Crippen LogP contribution in [0.3, 0.4) is 0 Å². The fraction of sp³-hybridized carbons (Fsp3) is 0.500. The normalized spacial score (nSPS) is 23.5. The number of carbonyl (C=O) groups is 1. The van der Waals surface area contributed by atoms with Crippen molar-refractivity contribution in [3.63, 3.8) is 0 Å². The molecule has 2 atom stereocenters. The van der Waals surface area contributed by atoms with Crippen LogP contribution in [0.2, 0.25) is 0 Å². The number of nitrogens with zero attached hydrogens (tertiary/aromatic N) is 1. The van der Waals surface area contributed by atoms with Gasteiger partial charge in [0.2, 0.25) is 5.91 Å². The third-order valence-corrected chi connectivity index (χ3v) is 4.53. The largest absolute Gasteiger partial charge is 0.392 e. The molecule has 0 aromatic carbocycles. The number of β-amino-alcohol motifs (C(OH)–C–C–N with tert-alkyl or cyclic N) is 1. The molecule has 0 spiro atoms. The molecular formula is C10H13NO2S2. The van der Waals surface area contributed by atoms with Crippen molar-refractivity contribution in [2.75, 3.05) is 12.3 Å². The van der Waals surface area contributed by atoms with Gasteiger partial charge in [-0.25, -0.2) is 0 Å². The summed E-state index contributed by atoms with van der Waals surface area (Å²) in [6.07, 6.45) is -0.463. The zero-order valence-corrected chi connectivity index (χ0v) is 10.1. The van der Waals surface area contributed by atoms with Crippen molar-refractivity contribution < 1.29 is 9.90 Å². The molecule has 1 fully saturated rings. The molecule has 3 nitrogen and oxygen atoms in total. The number of hydrogen-bond acceptors (Lipinski definition) is 4. The summed E-state index contributed by atoms with van der Waals surface area (Å²) in [7, 11) is 0. The fourth-order valence-electron chi connectivity index (χ4n) is 1.60. The van der Waals surface area contributed by atoms with Crippen LogP contribution in [0, 0.1) is 0 Å². The van der Waals surface area contributed by atoms with Crippen molar-refractivity contribution in [2.45, 2.75) is 18.4 Å². The Balaban J connectivity index is 2.14. The van der Waals surface area contributed by atoms with Crippen molar-refractivity contribution in [2.24, 2.45) is 0 Å². The lowest BCUT2D eigenvalue weighted by Gasteiger charge is -2.24. The predicted octanol–water partition coefficient (Wildman–Crippen LogP) is 1.70. The van der Waals surface area contributed by atoms with Gasteiger partial charge in [0.15, 0.2) is 0 Å². The summed E-state index contributed by atoms with van der Waals surface area (Å²) in [5, 5.41) is 11.5. The highest BCUT2D eigenvalue weighted by Crippen LogP contribution is 2.40. The van der Waals surface area contributed by atoms with Gasteiger partial charge >= 0.3 is 0 Å². The highest BCUT2D eigenvalue weighted by molar-refractivity contribution is 8.00. The highest BCUT2D eigenvalue weighted by Gasteiger charge is 2.33. The molecule has 1 aliphatic rings. The summed E-state index contributed by atoms with van der Waals surface area (Å²) in [4.78, 5) is 14.6. The van der Waals surface area contributed by atoms with E-state index in [1.807, 2.05) is 17.5 Å². The van der Waals surface area contributed by atoms with E-state index in [1.54, 1.807) is 34.9 Å². The Morgan fingerprint density at radius 3 is 3.13 bits per heavy atom. The molecule has 0 bridgehead atoms. The monoisotopic (exact) mass is 243 g/mol. The Morgan fingerprint density at radius 2 is 2.53 bits per heavy atom. The molecule has 0 aliphatic carbocycles. The van der Waals surface area contributed by atoms with Crippen LogP contribution in [-0.2, 0) is 4.79 Å². The van der Waals surface area contributed by atoms with Gasteiger partial charge in [-0.2, -0.15) is 0 Å². The van der Waals surface area contributed by atoms with Gasteiger partial charge in [0, 0.05) is 11.4 Å². The van der Waals surface area contributed by atoms with Gasteiger partial charge in [-0.05, 0) is 18.4 Å². The molecule has 5 heteroatoms. The van der Waals surface area contributed by atoms with Crippen LogP contribution >= 0.6 is 23.1 Å². The summed E-state index contributed by atoms with van der Waals surface area (Å²) < 4.78 is 0. The zero-order chi connectivity index (χ0) is 10.8. The van der Waals surface area contributed by atoms with E-state index in [9.17, 15) is 9.90 Å². The van der Waals surface area contributed by atoms with Crippen molar-refractivity contribution in [1.82, 2.24) is 4.90 Å². The number of rotatable bonds is 3. The first kappa shape index (κ1) is 11.0. The summed E-state index contributed by atoms with van der Waals surface area (Å²) >= 11 is 3.29. The number of hydrogen-bond donors (Lipinski definition) is 1. The van der Waals surface area contributed by atoms with E-state index in [2.05, 4.69) is 0 Å². The van der Waals surface area contributed by atoms with Crippen LogP contribution in [0.15, 0.2) is 17.5 Å². The quantitative estimate of drug-likeness (QED) is 0.878. The van der Waals surface area contributed by atoms with E-state index >= 15 is 0 Å². The van der Waals surface area contributed by atoms with Crippen molar-refractivity contribution in [3.05, 3.63) is 22.4 Å².